The van der Waals surface area contributed by atoms with Crippen LogP contribution in [0, 0.1) is 0 Å². The Hall–Kier alpha value is -3.04. The van der Waals surface area contributed by atoms with Crippen LogP contribution in [0.5, 0.6) is 0 Å². The lowest BCUT2D eigenvalue weighted by Crippen LogP contribution is -2.29. The van der Waals surface area contributed by atoms with E-state index in [1.165, 1.54) is 0 Å². The monoisotopic (exact) mass is 496 g/mol. The quantitative estimate of drug-likeness (QED) is 0.461. The first kappa shape index (κ1) is 23.7. The SMILES string of the molecule is COCCN(C)C(=O)c1ccc2c(N)c(-c3ccc(NS(=O)(=O)C4CC4)cc3)n(C3CCC3)c2c1. The smallest absolute Gasteiger partial charge is 0.253 e. The van der Waals surface area contributed by atoms with Crippen molar-refractivity contribution in [2.24, 2.45) is 0 Å². The van der Waals surface area contributed by atoms with Crippen molar-refractivity contribution in [3.05, 3.63) is 48.0 Å². The molecule has 2 aliphatic carbocycles. The molecule has 1 amide bonds. The molecule has 0 radical (unpaired) electrons. The number of anilines is 2. The molecule has 1 aromatic heterocycles. The van der Waals surface area contributed by atoms with Crippen molar-refractivity contribution >= 4 is 38.2 Å². The fourth-order valence-electron chi connectivity index (χ4n) is 4.66. The summed E-state index contributed by atoms with van der Waals surface area (Å²) in [6.07, 6.45) is 4.71. The van der Waals surface area contributed by atoms with E-state index in [9.17, 15) is 13.2 Å². The van der Waals surface area contributed by atoms with Gasteiger partial charge in [0.25, 0.3) is 5.91 Å². The molecule has 0 spiro atoms. The number of nitrogens with one attached hydrogen (secondary N) is 1. The maximum atomic E-state index is 13.0. The molecule has 35 heavy (non-hydrogen) atoms. The summed E-state index contributed by atoms with van der Waals surface area (Å²) in [6, 6.07) is 13.4. The molecule has 1 heterocycles. The number of methoxy groups -OCH3 is 1. The Kier molecular flexibility index (Phi) is 6.23. The summed E-state index contributed by atoms with van der Waals surface area (Å²) in [5.74, 6) is -0.0577. The van der Waals surface area contributed by atoms with Gasteiger partial charge in [0, 0.05) is 48.9 Å². The Morgan fingerprint density at radius 3 is 2.46 bits per heavy atom. The van der Waals surface area contributed by atoms with E-state index in [0.29, 0.717) is 36.1 Å². The van der Waals surface area contributed by atoms with E-state index < -0.39 is 10.0 Å². The number of amides is 1. The second-order valence-electron chi connectivity index (χ2n) is 9.59. The number of sulfonamides is 1. The van der Waals surface area contributed by atoms with E-state index >= 15 is 0 Å². The highest BCUT2D eigenvalue weighted by atomic mass is 32.2. The molecule has 0 saturated heterocycles. The molecular formula is C26H32N4O4S. The number of benzene rings is 2. The number of nitrogen functional groups attached to an aromatic ring is 1. The first-order chi connectivity index (χ1) is 16.8. The Bertz CT molecular complexity index is 1360. The Balaban J connectivity index is 1.52. The second kappa shape index (κ2) is 9.20. The number of hydrogen-bond acceptors (Lipinski definition) is 5. The van der Waals surface area contributed by atoms with Crippen LogP contribution in [0.4, 0.5) is 11.4 Å². The van der Waals surface area contributed by atoms with Crippen LogP contribution in [-0.4, -0.2) is 56.4 Å². The van der Waals surface area contributed by atoms with Gasteiger partial charge in [-0.15, -0.1) is 0 Å². The average Bonchev–Trinajstić information content (AvgIpc) is 3.64. The highest BCUT2D eigenvalue weighted by molar-refractivity contribution is 7.93. The first-order valence-corrected chi connectivity index (χ1v) is 13.6. The third kappa shape index (κ3) is 4.50. The van der Waals surface area contributed by atoms with Gasteiger partial charge in [-0.1, -0.05) is 12.1 Å². The van der Waals surface area contributed by atoms with Crippen molar-refractivity contribution in [3.63, 3.8) is 0 Å². The van der Waals surface area contributed by atoms with Gasteiger partial charge in [0.1, 0.15) is 0 Å². The minimum absolute atomic E-state index is 0.0577. The second-order valence-corrected chi connectivity index (χ2v) is 11.6. The van der Waals surface area contributed by atoms with Gasteiger partial charge in [-0.25, -0.2) is 8.42 Å². The number of carbonyl (C=O) groups excluding carboxylic acids is 1. The van der Waals surface area contributed by atoms with Crippen LogP contribution in [-0.2, 0) is 14.8 Å². The zero-order valence-corrected chi connectivity index (χ0v) is 21.0. The normalized spacial score (nSPS) is 16.3. The highest BCUT2D eigenvalue weighted by Gasteiger charge is 2.35. The number of nitrogens with zero attached hydrogens (tertiary/aromatic N) is 2. The van der Waals surface area contributed by atoms with Gasteiger partial charge in [-0.2, -0.15) is 0 Å². The van der Waals surface area contributed by atoms with E-state index in [1.807, 2.05) is 30.3 Å². The molecule has 0 bridgehead atoms. The summed E-state index contributed by atoms with van der Waals surface area (Å²) in [4.78, 5) is 14.7. The Morgan fingerprint density at radius 1 is 1.14 bits per heavy atom. The molecule has 9 heteroatoms. The molecule has 5 rings (SSSR count). The summed E-state index contributed by atoms with van der Waals surface area (Å²) in [5, 5.41) is 0.644. The molecule has 0 atom stereocenters. The van der Waals surface area contributed by atoms with E-state index in [-0.39, 0.29) is 11.2 Å². The lowest BCUT2D eigenvalue weighted by Gasteiger charge is -2.30. The maximum Gasteiger partial charge on any atom is 0.253 e. The van der Waals surface area contributed by atoms with Gasteiger partial charge in [-0.05, 0) is 62.4 Å². The van der Waals surface area contributed by atoms with Gasteiger partial charge in [0.2, 0.25) is 10.0 Å². The van der Waals surface area contributed by atoms with Crippen LogP contribution in [0.1, 0.15) is 48.5 Å². The van der Waals surface area contributed by atoms with E-state index in [4.69, 9.17) is 10.5 Å². The van der Waals surface area contributed by atoms with Crippen molar-refractivity contribution in [1.82, 2.24) is 9.47 Å². The van der Waals surface area contributed by atoms with Crippen LogP contribution in [0.25, 0.3) is 22.2 Å². The number of fused-ring (bicyclic) bond motifs is 1. The van der Waals surface area contributed by atoms with Gasteiger partial charge in [0.15, 0.2) is 0 Å². The topological polar surface area (TPSA) is 107 Å². The summed E-state index contributed by atoms with van der Waals surface area (Å²) in [6.45, 7) is 0.994. The van der Waals surface area contributed by atoms with Crippen molar-refractivity contribution in [2.75, 3.05) is 37.8 Å². The summed E-state index contributed by atoms with van der Waals surface area (Å²) in [7, 11) is 0.0806. The predicted molar refractivity (Wildman–Crippen MR) is 139 cm³/mol. The standard InChI is InChI=1S/C26H32N4O4S/c1-29(14-15-34-2)26(31)18-8-13-22-23(16-18)30(20-4-3-5-20)25(24(22)27)17-6-9-19(10-7-17)28-35(32,33)21-11-12-21/h6-10,13,16,20-21,28H,3-5,11-12,14-15,27H2,1-2H3. The van der Waals surface area contributed by atoms with E-state index in [1.54, 1.807) is 31.2 Å². The maximum absolute atomic E-state index is 13.0. The third-order valence-electron chi connectivity index (χ3n) is 7.09. The Labute approximate surface area is 206 Å². The van der Waals surface area contributed by atoms with Crippen LogP contribution in [0.2, 0.25) is 0 Å². The lowest BCUT2D eigenvalue weighted by molar-refractivity contribution is 0.0744. The molecule has 0 aliphatic heterocycles. The molecule has 2 saturated carbocycles. The average molecular weight is 497 g/mol. The number of likely N-dealkylation sites (N-methyl/N-ethyl adjacent to an activating group) is 1. The minimum Gasteiger partial charge on any atom is -0.396 e. The van der Waals surface area contributed by atoms with E-state index in [2.05, 4.69) is 9.29 Å². The molecular weight excluding hydrogens is 464 g/mol. The van der Waals surface area contributed by atoms with Crippen LogP contribution in [0.15, 0.2) is 42.5 Å². The van der Waals surface area contributed by atoms with Crippen LogP contribution in [0.3, 0.4) is 0 Å². The number of ether oxygens (including phenoxy) is 1. The zero-order valence-electron chi connectivity index (χ0n) is 20.2. The largest absolute Gasteiger partial charge is 0.396 e. The third-order valence-corrected chi connectivity index (χ3v) is 8.96. The fourth-order valence-corrected chi connectivity index (χ4v) is 6.05. The van der Waals surface area contributed by atoms with Gasteiger partial charge in [0.05, 0.1) is 28.8 Å². The van der Waals surface area contributed by atoms with Crippen molar-refractivity contribution < 1.29 is 17.9 Å². The highest BCUT2D eigenvalue weighted by Crippen LogP contribution is 2.44. The summed E-state index contributed by atoms with van der Waals surface area (Å²) in [5.41, 5.74) is 11.3. The minimum atomic E-state index is -3.31. The number of hydrogen-bond donors (Lipinski definition) is 2. The van der Waals surface area contributed by atoms with Gasteiger partial charge >= 0.3 is 0 Å². The van der Waals surface area contributed by atoms with Crippen LogP contribution >= 0.6 is 0 Å². The molecule has 3 N–H and O–H groups in total. The van der Waals surface area contributed by atoms with Crippen molar-refractivity contribution in [2.45, 2.75) is 43.4 Å². The molecule has 2 aliphatic rings. The molecule has 3 aromatic rings. The first-order valence-electron chi connectivity index (χ1n) is 12.1. The fraction of sp³-hybridized carbons (Fsp3) is 0.423. The van der Waals surface area contributed by atoms with Gasteiger partial charge < -0.3 is 19.9 Å². The summed E-state index contributed by atoms with van der Waals surface area (Å²) >= 11 is 0. The van der Waals surface area contributed by atoms with Crippen molar-refractivity contribution in [1.29, 1.82) is 0 Å². The lowest BCUT2D eigenvalue weighted by atomic mass is 9.92. The molecule has 186 valence electrons. The molecule has 2 aromatic carbocycles. The molecule has 2 fully saturated rings. The Morgan fingerprint density at radius 2 is 1.86 bits per heavy atom. The summed E-state index contributed by atoms with van der Waals surface area (Å²) < 4.78 is 34.7. The van der Waals surface area contributed by atoms with Gasteiger partial charge in [-0.3, -0.25) is 9.52 Å². The number of aromatic nitrogens is 1. The van der Waals surface area contributed by atoms with Crippen molar-refractivity contribution in [3.8, 4) is 11.3 Å². The number of nitrogens with two attached hydrogens (primary N) is 1. The number of rotatable bonds is 9. The van der Waals surface area contributed by atoms with E-state index in [0.717, 1.165) is 54.3 Å². The molecule has 0 unspecified atom stereocenters. The number of carbonyl (C=O) groups is 1. The van der Waals surface area contributed by atoms with Crippen LogP contribution < -0.4 is 10.5 Å². The molecule has 8 nitrogen and oxygen atoms in total. The zero-order chi connectivity index (χ0) is 24.7. The predicted octanol–water partition coefficient (Wildman–Crippen LogP) is 4.24.